The van der Waals surface area contributed by atoms with Crippen LogP contribution in [0.2, 0.25) is 0 Å². The highest BCUT2D eigenvalue weighted by Gasteiger charge is 2.40. The zero-order valence-corrected chi connectivity index (χ0v) is 26.3. The molecule has 2 aromatic rings. The van der Waals surface area contributed by atoms with Gasteiger partial charge < -0.3 is 34.6 Å². The predicted octanol–water partition coefficient (Wildman–Crippen LogP) is 3.30. The number of carbonyl (C=O) groups excluding carboxylic acids is 3. The van der Waals surface area contributed by atoms with Crippen LogP contribution in [-0.4, -0.2) is 85.4 Å². The second-order valence-corrected chi connectivity index (χ2v) is 11.1. The van der Waals surface area contributed by atoms with Crippen LogP contribution in [0.3, 0.4) is 0 Å². The molecule has 3 rings (SSSR count). The highest BCUT2D eigenvalue weighted by molar-refractivity contribution is 14.1. The Morgan fingerprint density at radius 3 is 2.57 bits per heavy atom. The maximum absolute atomic E-state index is 13.6. The quantitative estimate of drug-likeness (QED) is 0.191. The zero-order chi connectivity index (χ0) is 30.6. The van der Waals surface area contributed by atoms with Crippen molar-refractivity contribution in [3.8, 4) is 17.2 Å². The van der Waals surface area contributed by atoms with Crippen LogP contribution in [0.15, 0.2) is 48.0 Å². The maximum atomic E-state index is 13.6. The van der Waals surface area contributed by atoms with Crippen molar-refractivity contribution in [3.63, 3.8) is 0 Å². The van der Waals surface area contributed by atoms with Crippen LogP contribution in [0.1, 0.15) is 48.5 Å². The number of hydrogen-bond donors (Lipinski definition) is 3. The van der Waals surface area contributed by atoms with Crippen molar-refractivity contribution in [2.75, 3.05) is 33.9 Å². The summed E-state index contributed by atoms with van der Waals surface area (Å²) in [5.41, 5.74) is 1.64. The number of unbranched alkanes of at least 4 members (excludes halogenated alkanes) is 1. The van der Waals surface area contributed by atoms with E-state index in [1.165, 1.54) is 13.2 Å². The van der Waals surface area contributed by atoms with Gasteiger partial charge in [-0.15, -0.1) is 0 Å². The number of ether oxygens (including phenoxy) is 3. The molecule has 3 N–H and O–H groups in total. The van der Waals surface area contributed by atoms with Crippen LogP contribution in [0, 0.1) is 3.57 Å². The first-order chi connectivity index (χ1) is 20.3. The number of aldehydes is 1. The van der Waals surface area contributed by atoms with Crippen molar-refractivity contribution >= 4 is 40.7 Å². The molecule has 1 aliphatic rings. The first kappa shape index (κ1) is 33.3. The SMILES string of the molecule is CCCCC(=O)N(CCc1ccccc1OC)C1CC(C(=O)NCCO)=CC(Oc2c(I)cc(C=O)cc2OC)C1O. The summed E-state index contributed by atoms with van der Waals surface area (Å²) in [4.78, 5) is 39.7. The number of carbonyl (C=O) groups is 3. The molecule has 11 heteroatoms. The first-order valence-electron chi connectivity index (χ1n) is 14.0. The van der Waals surface area contributed by atoms with Crippen molar-refractivity contribution < 1.29 is 38.8 Å². The molecule has 10 nitrogen and oxygen atoms in total. The molecule has 0 radical (unpaired) electrons. The average Bonchev–Trinajstić information content (AvgIpc) is 3.00. The van der Waals surface area contributed by atoms with Crippen LogP contribution in [0.5, 0.6) is 17.2 Å². The van der Waals surface area contributed by atoms with Gasteiger partial charge >= 0.3 is 0 Å². The normalized spacial score (nSPS) is 18.0. The lowest BCUT2D eigenvalue weighted by Gasteiger charge is -2.41. The molecule has 42 heavy (non-hydrogen) atoms. The molecule has 0 bridgehead atoms. The van der Waals surface area contributed by atoms with Crippen molar-refractivity contribution in [2.24, 2.45) is 0 Å². The number of para-hydroxylation sites is 1. The molecule has 0 fully saturated rings. The van der Waals surface area contributed by atoms with E-state index in [-0.39, 0.29) is 32.0 Å². The fourth-order valence-corrected chi connectivity index (χ4v) is 5.69. The molecule has 0 aliphatic heterocycles. The molecule has 3 atom stereocenters. The molecule has 1 aliphatic carbocycles. The fourth-order valence-electron chi connectivity index (χ4n) is 4.94. The molecule has 2 amide bonds. The van der Waals surface area contributed by atoms with Gasteiger partial charge in [0.2, 0.25) is 11.8 Å². The lowest BCUT2D eigenvalue weighted by Crippen LogP contribution is -2.55. The van der Waals surface area contributed by atoms with Crippen LogP contribution in [0.4, 0.5) is 0 Å². The van der Waals surface area contributed by atoms with E-state index in [0.29, 0.717) is 57.5 Å². The Morgan fingerprint density at radius 2 is 1.90 bits per heavy atom. The van der Waals surface area contributed by atoms with Gasteiger partial charge in [-0.2, -0.15) is 0 Å². The minimum Gasteiger partial charge on any atom is -0.496 e. The van der Waals surface area contributed by atoms with Crippen molar-refractivity contribution in [1.82, 2.24) is 10.2 Å². The Kier molecular flexibility index (Phi) is 13.1. The van der Waals surface area contributed by atoms with Gasteiger partial charge in [-0.3, -0.25) is 14.4 Å². The van der Waals surface area contributed by atoms with E-state index < -0.39 is 24.2 Å². The predicted molar refractivity (Wildman–Crippen MR) is 166 cm³/mol. The standard InChI is InChI=1S/C31H39IN2O8/c1-4-5-10-28(37)34(13-11-21-8-6-7-9-25(21)40-2)24-17-22(31(39)33-12-14-35)18-26(29(24)38)42-30-23(32)15-20(19-36)16-27(30)41-3/h6-9,15-16,18-19,24,26,29,35,38H,4-5,10-14,17H2,1-3H3,(H,33,39). The van der Waals surface area contributed by atoms with Crippen LogP contribution in [-0.2, 0) is 16.0 Å². The molecular weight excluding hydrogens is 655 g/mol. The number of nitrogens with zero attached hydrogens (tertiary/aromatic N) is 1. The van der Waals surface area contributed by atoms with Crippen LogP contribution < -0.4 is 19.5 Å². The summed E-state index contributed by atoms with van der Waals surface area (Å²) in [5, 5.41) is 23.6. The Bertz CT molecular complexity index is 1270. The highest BCUT2D eigenvalue weighted by atomic mass is 127. The Labute approximate surface area is 260 Å². The summed E-state index contributed by atoms with van der Waals surface area (Å²) in [6.07, 6.45) is 2.43. The first-order valence-corrected chi connectivity index (χ1v) is 15.0. The number of aliphatic hydroxyl groups is 2. The van der Waals surface area contributed by atoms with Crippen molar-refractivity contribution in [1.29, 1.82) is 0 Å². The summed E-state index contributed by atoms with van der Waals surface area (Å²) < 4.78 is 17.8. The van der Waals surface area contributed by atoms with Crippen molar-refractivity contribution in [2.45, 2.75) is 57.3 Å². The minimum absolute atomic E-state index is 0.0563. The van der Waals surface area contributed by atoms with E-state index in [4.69, 9.17) is 14.2 Å². The Balaban J connectivity index is 2.01. The summed E-state index contributed by atoms with van der Waals surface area (Å²) in [7, 11) is 3.04. The number of aliphatic hydroxyl groups excluding tert-OH is 2. The van der Waals surface area contributed by atoms with Gasteiger partial charge in [-0.1, -0.05) is 31.5 Å². The summed E-state index contributed by atoms with van der Waals surface area (Å²) in [6.45, 7) is 2.12. The second kappa shape index (κ2) is 16.5. The van der Waals surface area contributed by atoms with E-state index in [0.717, 1.165) is 12.0 Å². The number of benzene rings is 2. The average molecular weight is 695 g/mol. The smallest absolute Gasteiger partial charge is 0.247 e. The molecule has 228 valence electrons. The van der Waals surface area contributed by atoms with E-state index in [1.54, 1.807) is 24.2 Å². The molecule has 0 spiro atoms. The third-order valence-corrected chi connectivity index (χ3v) is 7.94. The van der Waals surface area contributed by atoms with Gasteiger partial charge in [0.25, 0.3) is 0 Å². The third-order valence-electron chi connectivity index (χ3n) is 7.14. The van der Waals surface area contributed by atoms with E-state index in [1.807, 2.05) is 53.8 Å². The molecule has 0 saturated heterocycles. The van der Waals surface area contributed by atoms with E-state index in [2.05, 4.69) is 5.32 Å². The van der Waals surface area contributed by atoms with Gasteiger partial charge in [-0.05, 0) is 65.3 Å². The lowest BCUT2D eigenvalue weighted by molar-refractivity contribution is -0.138. The molecule has 0 aromatic heterocycles. The number of amides is 2. The van der Waals surface area contributed by atoms with Gasteiger partial charge in [0.1, 0.15) is 24.2 Å². The van der Waals surface area contributed by atoms with Gasteiger partial charge in [0, 0.05) is 37.1 Å². The van der Waals surface area contributed by atoms with Gasteiger partial charge in [0.15, 0.2) is 11.5 Å². The number of hydrogen-bond acceptors (Lipinski definition) is 8. The fraction of sp³-hybridized carbons (Fsp3) is 0.452. The third kappa shape index (κ3) is 8.45. The van der Waals surface area contributed by atoms with Crippen LogP contribution in [0.25, 0.3) is 0 Å². The summed E-state index contributed by atoms with van der Waals surface area (Å²) >= 11 is 2.02. The van der Waals surface area contributed by atoms with Crippen molar-refractivity contribution in [3.05, 3.63) is 62.7 Å². The number of nitrogens with one attached hydrogen (secondary N) is 1. The lowest BCUT2D eigenvalue weighted by atomic mass is 9.87. The Hall–Kier alpha value is -3.16. The van der Waals surface area contributed by atoms with E-state index in [9.17, 15) is 24.6 Å². The number of rotatable bonds is 15. The monoisotopic (exact) mass is 694 g/mol. The van der Waals surface area contributed by atoms with Crippen LogP contribution >= 0.6 is 22.6 Å². The second-order valence-electron chi connectivity index (χ2n) is 9.92. The summed E-state index contributed by atoms with van der Waals surface area (Å²) in [6, 6.07) is 9.95. The highest BCUT2D eigenvalue weighted by Crippen LogP contribution is 2.37. The molecule has 3 unspecified atom stereocenters. The number of methoxy groups -OCH3 is 2. The number of halogens is 1. The Morgan fingerprint density at radius 1 is 1.17 bits per heavy atom. The topological polar surface area (TPSA) is 135 Å². The van der Waals surface area contributed by atoms with E-state index >= 15 is 0 Å². The molecule has 2 aromatic carbocycles. The van der Waals surface area contributed by atoms with Gasteiger partial charge in [0.05, 0.1) is 30.4 Å². The minimum atomic E-state index is -1.19. The molecule has 0 heterocycles. The molecule has 0 saturated carbocycles. The zero-order valence-electron chi connectivity index (χ0n) is 24.2. The van der Waals surface area contributed by atoms with Gasteiger partial charge in [-0.25, -0.2) is 0 Å². The largest absolute Gasteiger partial charge is 0.496 e. The molecular formula is C31H39IN2O8. The maximum Gasteiger partial charge on any atom is 0.247 e. The summed E-state index contributed by atoms with van der Waals surface area (Å²) in [5.74, 6) is 0.753.